The molecule has 0 aliphatic carbocycles. The molecule has 1 saturated heterocycles. The number of nitrogens with zero attached hydrogens (tertiary/aromatic N) is 2. The van der Waals surface area contributed by atoms with Crippen molar-refractivity contribution in [3.8, 4) is 23.0 Å². The Morgan fingerprint density at radius 1 is 0.912 bits per heavy atom. The Balaban J connectivity index is 2.25. The third-order valence-electron chi connectivity index (χ3n) is 5.71. The molecule has 9 nitrogen and oxygen atoms in total. The standard InChI is InChI=1S/C25H30N2O7/c1-26(2)11-12-27-22(15-7-9-19(33-5)20(13-15)34-6)21(24(29)25(27)30)23(28)17-14-16(31-3)8-10-18(17)32-4/h7-10,13-14,22,28H,11-12H2,1-6H3/b23-21+. The predicted octanol–water partition coefficient (Wildman–Crippen LogP) is 2.70. The number of hydrogen-bond donors (Lipinski definition) is 1. The lowest BCUT2D eigenvalue weighted by Gasteiger charge is -2.27. The quantitative estimate of drug-likeness (QED) is 0.339. The van der Waals surface area contributed by atoms with E-state index in [0.717, 1.165) is 0 Å². The Labute approximate surface area is 199 Å². The number of ether oxygens (including phenoxy) is 4. The van der Waals surface area contributed by atoms with Gasteiger partial charge in [0, 0.05) is 13.1 Å². The second kappa shape index (κ2) is 10.5. The van der Waals surface area contributed by atoms with Crippen LogP contribution in [0.2, 0.25) is 0 Å². The topological polar surface area (TPSA) is 97.8 Å². The first-order chi connectivity index (χ1) is 16.3. The molecule has 1 amide bonds. The molecule has 2 aromatic carbocycles. The maximum atomic E-state index is 13.2. The van der Waals surface area contributed by atoms with E-state index in [2.05, 4.69) is 0 Å². The molecule has 2 aromatic rings. The number of rotatable bonds is 9. The third-order valence-corrected chi connectivity index (χ3v) is 5.71. The van der Waals surface area contributed by atoms with Gasteiger partial charge in [-0.2, -0.15) is 0 Å². The second-order valence-electron chi connectivity index (χ2n) is 7.98. The highest BCUT2D eigenvalue weighted by atomic mass is 16.5. The molecule has 3 rings (SSSR count). The summed E-state index contributed by atoms with van der Waals surface area (Å²) in [6, 6.07) is 9.18. The smallest absolute Gasteiger partial charge is 0.295 e. The summed E-state index contributed by atoms with van der Waals surface area (Å²) in [7, 11) is 9.74. The van der Waals surface area contributed by atoms with Crippen LogP contribution in [-0.4, -0.2) is 82.2 Å². The molecule has 1 fully saturated rings. The molecule has 1 aliphatic heterocycles. The van der Waals surface area contributed by atoms with Gasteiger partial charge in [-0.1, -0.05) is 6.07 Å². The molecule has 0 spiro atoms. The van der Waals surface area contributed by atoms with Gasteiger partial charge in [0.25, 0.3) is 11.7 Å². The molecule has 34 heavy (non-hydrogen) atoms. The lowest BCUT2D eigenvalue weighted by molar-refractivity contribution is -0.140. The Morgan fingerprint density at radius 2 is 1.56 bits per heavy atom. The fraction of sp³-hybridized carbons (Fsp3) is 0.360. The zero-order chi connectivity index (χ0) is 25.0. The molecule has 0 aromatic heterocycles. The van der Waals surface area contributed by atoms with Crippen LogP contribution in [0.4, 0.5) is 0 Å². The van der Waals surface area contributed by atoms with E-state index in [0.29, 0.717) is 35.1 Å². The van der Waals surface area contributed by atoms with E-state index >= 15 is 0 Å². The lowest BCUT2D eigenvalue weighted by atomic mass is 9.94. The van der Waals surface area contributed by atoms with Crippen LogP contribution < -0.4 is 18.9 Å². The van der Waals surface area contributed by atoms with Gasteiger partial charge in [0.05, 0.1) is 45.6 Å². The van der Waals surface area contributed by atoms with Crippen LogP contribution in [-0.2, 0) is 9.59 Å². The average Bonchev–Trinajstić information content (AvgIpc) is 3.10. The van der Waals surface area contributed by atoms with E-state index in [-0.39, 0.29) is 23.4 Å². The molecule has 1 N–H and O–H groups in total. The number of benzene rings is 2. The SMILES string of the molecule is COc1ccc(OC)c(/C(O)=C2\C(=O)C(=O)N(CCN(C)C)C2c2ccc(OC)c(OC)c2)c1. The van der Waals surface area contributed by atoms with Crippen molar-refractivity contribution < 1.29 is 33.6 Å². The van der Waals surface area contributed by atoms with Crippen molar-refractivity contribution in [3.63, 3.8) is 0 Å². The molecule has 0 radical (unpaired) electrons. The summed E-state index contributed by atoms with van der Waals surface area (Å²) in [5, 5.41) is 11.4. The first kappa shape index (κ1) is 24.9. The number of amides is 1. The maximum Gasteiger partial charge on any atom is 0.295 e. The number of aliphatic hydroxyl groups is 1. The molecule has 1 aliphatic rings. The monoisotopic (exact) mass is 470 g/mol. The molecule has 0 bridgehead atoms. The van der Waals surface area contributed by atoms with Crippen molar-refractivity contribution in [1.82, 2.24) is 9.80 Å². The molecule has 1 unspecified atom stereocenters. The van der Waals surface area contributed by atoms with Crippen LogP contribution in [0.3, 0.4) is 0 Å². The lowest BCUT2D eigenvalue weighted by Crippen LogP contribution is -2.35. The van der Waals surface area contributed by atoms with Gasteiger partial charge >= 0.3 is 0 Å². The van der Waals surface area contributed by atoms with E-state index in [9.17, 15) is 14.7 Å². The minimum atomic E-state index is -0.837. The molecule has 1 heterocycles. The highest BCUT2D eigenvalue weighted by molar-refractivity contribution is 6.46. The average molecular weight is 471 g/mol. The van der Waals surface area contributed by atoms with Crippen molar-refractivity contribution in [3.05, 3.63) is 53.1 Å². The summed E-state index contributed by atoms with van der Waals surface area (Å²) < 4.78 is 21.4. The number of likely N-dealkylation sites (N-methyl/N-ethyl adjacent to an activating group) is 1. The van der Waals surface area contributed by atoms with Crippen molar-refractivity contribution in [2.45, 2.75) is 6.04 Å². The Morgan fingerprint density at radius 3 is 2.15 bits per heavy atom. The Hall–Kier alpha value is -3.72. The van der Waals surface area contributed by atoms with Gasteiger partial charge in [0.1, 0.15) is 17.3 Å². The number of carbonyl (C=O) groups excluding carboxylic acids is 2. The van der Waals surface area contributed by atoms with Crippen molar-refractivity contribution in [2.75, 3.05) is 55.6 Å². The first-order valence-electron chi connectivity index (χ1n) is 10.6. The van der Waals surface area contributed by atoms with Crippen LogP contribution in [0, 0.1) is 0 Å². The summed E-state index contributed by atoms with van der Waals surface area (Å²) in [5.74, 6) is -0.0639. The Bertz CT molecular complexity index is 1110. The third kappa shape index (κ3) is 4.65. The fourth-order valence-corrected chi connectivity index (χ4v) is 3.93. The number of methoxy groups -OCH3 is 4. The number of Topliss-reactive ketones (excluding diaryl/α,β-unsaturated/α-hetero) is 1. The highest BCUT2D eigenvalue weighted by Crippen LogP contribution is 2.43. The van der Waals surface area contributed by atoms with Gasteiger partial charge in [0.2, 0.25) is 0 Å². The minimum absolute atomic E-state index is 0.0393. The van der Waals surface area contributed by atoms with Crippen LogP contribution in [0.5, 0.6) is 23.0 Å². The van der Waals surface area contributed by atoms with Crippen molar-refractivity contribution in [1.29, 1.82) is 0 Å². The number of likely N-dealkylation sites (tertiary alicyclic amines) is 1. The first-order valence-corrected chi connectivity index (χ1v) is 10.6. The summed E-state index contributed by atoms with van der Waals surface area (Å²) in [6.45, 7) is 0.807. The Kier molecular flexibility index (Phi) is 7.68. The predicted molar refractivity (Wildman–Crippen MR) is 127 cm³/mol. The zero-order valence-corrected chi connectivity index (χ0v) is 20.2. The van der Waals surface area contributed by atoms with Gasteiger partial charge in [-0.05, 0) is 50.0 Å². The minimum Gasteiger partial charge on any atom is -0.507 e. The molecular formula is C25H30N2O7. The summed E-state index contributed by atoms with van der Waals surface area (Å²) in [5.41, 5.74) is 0.805. The van der Waals surface area contributed by atoms with Gasteiger partial charge < -0.3 is 33.9 Å². The van der Waals surface area contributed by atoms with Crippen LogP contribution in [0.1, 0.15) is 17.2 Å². The van der Waals surface area contributed by atoms with Gasteiger partial charge in [-0.3, -0.25) is 9.59 Å². The van der Waals surface area contributed by atoms with Gasteiger partial charge in [-0.25, -0.2) is 0 Å². The van der Waals surface area contributed by atoms with Crippen LogP contribution in [0.15, 0.2) is 42.0 Å². The van der Waals surface area contributed by atoms with Crippen LogP contribution >= 0.6 is 0 Å². The number of carbonyl (C=O) groups is 2. The molecular weight excluding hydrogens is 440 g/mol. The summed E-state index contributed by atoms with van der Waals surface area (Å²) >= 11 is 0. The second-order valence-corrected chi connectivity index (χ2v) is 7.98. The van der Waals surface area contributed by atoms with Crippen molar-refractivity contribution in [2.24, 2.45) is 0 Å². The van der Waals surface area contributed by atoms with Crippen molar-refractivity contribution >= 4 is 17.4 Å². The molecule has 9 heteroatoms. The molecule has 0 saturated carbocycles. The van der Waals surface area contributed by atoms with E-state index in [1.807, 2.05) is 19.0 Å². The molecule has 1 atom stereocenters. The maximum absolute atomic E-state index is 13.2. The summed E-state index contributed by atoms with van der Waals surface area (Å²) in [6.07, 6.45) is 0. The fourth-order valence-electron chi connectivity index (χ4n) is 3.93. The van der Waals surface area contributed by atoms with Gasteiger partial charge in [-0.15, -0.1) is 0 Å². The summed E-state index contributed by atoms with van der Waals surface area (Å²) in [4.78, 5) is 29.7. The van der Waals surface area contributed by atoms with E-state index in [4.69, 9.17) is 18.9 Å². The number of hydrogen-bond acceptors (Lipinski definition) is 8. The normalized spacial score (nSPS) is 17.3. The number of ketones is 1. The van der Waals surface area contributed by atoms with E-state index < -0.39 is 17.7 Å². The zero-order valence-electron chi connectivity index (χ0n) is 20.2. The van der Waals surface area contributed by atoms with E-state index in [1.165, 1.54) is 33.3 Å². The molecule has 182 valence electrons. The highest BCUT2D eigenvalue weighted by Gasteiger charge is 2.46. The van der Waals surface area contributed by atoms with E-state index in [1.54, 1.807) is 36.4 Å². The van der Waals surface area contributed by atoms with Crippen LogP contribution in [0.25, 0.3) is 5.76 Å². The van der Waals surface area contributed by atoms with Gasteiger partial charge in [0.15, 0.2) is 11.5 Å². The largest absolute Gasteiger partial charge is 0.507 e. The number of aliphatic hydroxyl groups excluding tert-OH is 1.